The average Bonchev–Trinajstić information content (AvgIpc) is 3.07. The first kappa shape index (κ1) is 24.1. The third-order valence-corrected chi connectivity index (χ3v) is 6.56. The maximum atomic E-state index is 14.0. The molecule has 0 radical (unpaired) electrons. The highest BCUT2D eigenvalue weighted by atomic mass is 35.5. The van der Waals surface area contributed by atoms with Crippen LogP contribution in [0.15, 0.2) is 65.6 Å². The molecule has 0 N–H and O–H groups in total. The third kappa shape index (κ3) is 5.22. The predicted octanol–water partition coefficient (Wildman–Crippen LogP) is 6.96. The molecule has 0 spiro atoms. The Bertz CT molecular complexity index is 1300. The van der Waals surface area contributed by atoms with Crippen molar-refractivity contribution in [1.82, 2.24) is 4.90 Å². The van der Waals surface area contributed by atoms with Crippen LogP contribution >= 0.6 is 35.0 Å². The number of thioether (sulfide) groups is 1. The van der Waals surface area contributed by atoms with Crippen molar-refractivity contribution in [1.29, 1.82) is 0 Å². The number of nitrogens with zero attached hydrogens (tertiary/aromatic N) is 1. The van der Waals surface area contributed by atoms with Crippen LogP contribution in [0.2, 0.25) is 10.0 Å². The van der Waals surface area contributed by atoms with Gasteiger partial charge in [0.05, 0.1) is 18.6 Å². The SMILES string of the molecule is COc1cccc(/C=C2\SC(=O)N(Cc3ccccc3F)C2=O)c1OCc1ccc(Cl)cc1Cl. The number of carbonyl (C=O) groups is 2. The zero-order chi connectivity index (χ0) is 24.2. The Hall–Kier alpha value is -3.00. The van der Waals surface area contributed by atoms with E-state index in [1.165, 1.54) is 19.2 Å². The lowest BCUT2D eigenvalue weighted by molar-refractivity contribution is -0.123. The van der Waals surface area contributed by atoms with Crippen LogP contribution < -0.4 is 9.47 Å². The number of hydrogen-bond donors (Lipinski definition) is 0. The van der Waals surface area contributed by atoms with Gasteiger partial charge in [-0.2, -0.15) is 0 Å². The highest BCUT2D eigenvalue weighted by Crippen LogP contribution is 2.38. The van der Waals surface area contributed by atoms with Crippen molar-refractivity contribution in [3.05, 3.63) is 98.1 Å². The van der Waals surface area contributed by atoms with Crippen LogP contribution in [-0.4, -0.2) is 23.2 Å². The number of hydrogen-bond acceptors (Lipinski definition) is 5. The number of amides is 2. The van der Waals surface area contributed by atoms with E-state index in [2.05, 4.69) is 0 Å². The van der Waals surface area contributed by atoms with Gasteiger partial charge in [-0.25, -0.2) is 4.39 Å². The minimum atomic E-state index is -0.507. The Kier molecular flexibility index (Phi) is 7.46. The second kappa shape index (κ2) is 10.5. The first-order chi connectivity index (χ1) is 16.4. The largest absolute Gasteiger partial charge is 0.493 e. The number of benzene rings is 3. The van der Waals surface area contributed by atoms with E-state index in [4.69, 9.17) is 32.7 Å². The van der Waals surface area contributed by atoms with Gasteiger partial charge in [0.2, 0.25) is 0 Å². The Morgan fingerprint density at radius 1 is 1.03 bits per heavy atom. The van der Waals surface area contributed by atoms with E-state index in [1.807, 2.05) is 0 Å². The summed E-state index contributed by atoms with van der Waals surface area (Å²) in [6, 6.07) is 16.3. The van der Waals surface area contributed by atoms with Crippen LogP contribution in [0, 0.1) is 5.82 Å². The molecule has 4 rings (SSSR count). The number of para-hydroxylation sites is 1. The van der Waals surface area contributed by atoms with Gasteiger partial charge < -0.3 is 9.47 Å². The summed E-state index contributed by atoms with van der Waals surface area (Å²) in [6.45, 7) is -0.0167. The van der Waals surface area contributed by atoms with Gasteiger partial charge in [-0.15, -0.1) is 0 Å². The van der Waals surface area contributed by atoms with Crippen molar-refractivity contribution in [2.45, 2.75) is 13.2 Å². The summed E-state index contributed by atoms with van der Waals surface area (Å²) in [5.74, 6) is -0.149. The molecule has 1 aliphatic rings. The molecule has 174 valence electrons. The average molecular weight is 518 g/mol. The number of methoxy groups -OCH3 is 1. The minimum absolute atomic E-state index is 0.131. The number of ether oxygens (including phenoxy) is 2. The summed E-state index contributed by atoms with van der Waals surface area (Å²) in [5.41, 5.74) is 1.52. The lowest BCUT2D eigenvalue weighted by Gasteiger charge is -2.15. The van der Waals surface area contributed by atoms with Crippen molar-refractivity contribution in [2.24, 2.45) is 0 Å². The van der Waals surface area contributed by atoms with Crippen LogP contribution in [-0.2, 0) is 17.9 Å². The fraction of sp³-hybridized carbons (Fsp3) is 0.120. The summed E-state index contributed by atoms with van der Waals surface area (Å²) >= 11 is 13.0. The van der Waals surface area contributed by atoms with E-state index in [0.29, 0.717) is 32.7 Å². The zero-order valence-electron chi connectivity index (χ0n) is 17.9. The van der Waals surface area contributed by atoms with Gasteiger partial charge in [0.25, 0.3) is 11.1 Å². The first-order valence-electron chi connectivity index (χ1n) is 10.1. The minimum Gasteiger partial charge on any atom is -0.493 e. The molecule has 34 heavy (non-hydrogen) atoms. The Labute approximate surface area is 210 Å². The predicted molar refractivity (Wildman–Crippen MR) is 132 cm³/mol. The van der Waals surface area contributed by atoms with Crippen molar-refractivity contribution in [3.8, 4) is 11.5 Å². The molecule has 0 bridgehead atoms. The van der Waals surface area contributed by atoms with Gasteiger partial charge in [0.1, 0.15) is 12.4 Å². The van der Waals surface area contributed by atoms with Gasteiger partial charge in [0.15, 0.2) is 11.5 Å². The molecule has 3 aromatic carbocycles. The van der Waals surface area contributed by atoms with Crippen molar-refractivity contribution in [2.75, 3.05) is 7.11 Å². The summed E-state index contributed by atoms with van der Waals surface area (Å²) in [6.07, 6.45) is 1.56. The summed E-state index contributed by atoms with van der Waals surface area (Å²) in [7, 11) is 1.50. The topological polar surface area (TPSA) is 55.8 Å². The summed E-state index contributed by atoms with van der Waals surface area (Å²) in [4.78, 5) is 26.7. The van der Waals surface area contributed by atoms with Gasteiger partial charge in [-0.3, -0.25) is 14.5 Å². The van der Waals surface area contributed by atoms with Crippen LogP contribution in [0.1, 0.15) is 16.7 Å². The second-order valence-electron chi connectivity index (χ2n) is 7.26. The number of carbonyl (C=O) groups excluding carboxylic acids is 2. The van der Waals surface area contributed by atoms with Crippen LogP contribution in [0.5, 0.6) is 11.5 Å². The summed E-state index contributed by atoms with van der Waals surface area (Å²) < 4.78 is 25.5. The van der Waals surface area contributed by atoms with E-state index in [-0.39, 0.29) is 23.6 Å². The van der Waals surface area contributed by atoms with Crippen molar-refractivity contribution < 1.29 is 23.5 Å². The molecule has 0 aliphatic carbocycles. The smallest absolute Gasteiger partial charge is 0.293 e. The van der Waals surface area contributed by atoms with Crippen molar-refractivity contribution in [3.63, 3.8) is 0 Å². The molecule has 0 unspecified atom stereocenters. The fourth-order valence-electron chi connectivity index (χ4n) is 3.32. The van der Waals surface area contributed by atoms with E-state index >= 15 is 0 Å². The van der Waals surface area contributed by atoms with E-state index in [0.717, 1.165) is 16.7 Å². The van der Waals surface area contributed by atoms with Gasteiger partial charge in [-0.1, -0.05) is 59.6 Å². The highest BCUT2D eigenvalue weighted by Gasteiger charge is 2.35. The molecule has 3 aromatic rings. The molecule has 0 atom stereocenters. The van der Waals surface area contributed by atoms with Crippen LogP contribution in [0.4, 0.5) is 9.18 Å². The molecule has 9 heteroatoms. The Balaban J connectivity index is 1.60. The lowest BCUT2D eigenvalue weighted by Crippen LogP contribution is -2.27. The molecule has 1 saturated heterocycles. The number of rotatable bonds is 7. The summed E-state index contributed by atoms with van der Waals surface area (Å²) in [5, 5.41) is 0.494. The molecule has 1 fully saturated rings. The third-order valence-electron chi connectivity index (χ3n) is 5.06. The fourth-order valence-corrected chi connectivity index (χ4v) is 4.62. The standard InChI is InChI=1S/C25H18Cl2FNO4S/c1-32-21-8-4-6-15(23(21)33-14-17-9-10-18(26)12-19(17)27)11-22-24(30)29(25(31)34-22)13-16-5-2-3-7-20(16)28/h2-12H,13-14H2,1H3/b22-11-. The Morgan fingerprint density at radius 2 is 1.82 bits per heavy atom. The first-order valence-corrected chi connectivity index (χ1v) is 11.7. The molecule has 1 heterocycles. The van der Waals surface area contributed by atoms with Gasteiger partial charge >= 0.3 is 0 Å². The maximum Gasteiger partial charge on any atom is 0.293 e. The lowest BCUT2D eigenvalue weighted by atomic mass is 10.1. The molecular weight excluding hydrogens is 500 g/mol. The molecular formula is C25H18Cl2FNO4S. The van der Waals surface area contributed by atoms with Gasteiger partial charge in [-0.05, 0) is 42.1 Å². The molecule has 0 aromatic heterocycles. The number of halogens is 3. The van der Waals surface area contributed by atoms with E-state index < -0.39 is 17.0 Å². The number of imide groups is 1. The quantitative estimate of drug-likeness (QED) is 0.317. The maximum absolute atomic E-state index is 14.0. The molecule has 1 aliphatic heterocycles. The van der Waals surface area contributed by atoms with Crippen molar-refractivity contribution >= 4 is 52.2 Å². The Morgan fingerprint density at radius 3 is 2.56 bits per heavy atom. The normalized spacial score (nSPS) is 14.7. The molecule has 5 nitrogen and oxygen atoms in total. The highest BCUT2D eigenvalue weighted by molar-refractivity contribution is 8.18. The van der Waals surface area contributed by atoms with Gasteiger partial charge in [0, 0.05) is 26.7 Å². The molecule has 2 amide bonds. The molecule has 0 saturated carbocycles. The zero-order valence-corrected chi connectivity index (χ0v) is 20.2. The van der Waals surface area contributed by atoms with E-state index in [9.17, 15) is 14.0 Å². The van der Waals surface area contributed by atoms with Crippen LogP contribution in [0.25, 0.3) is 6.08 Å². The monoisotopic (exact) mass is 517 g/mol. The van der Waals surface area contributed by atoms with Crippen LogP contribution in [0.3, 0.4) is 0 Å². The van der Waals surface area contributed by atoms with E-state index in [1.54, 1.807) is 54.6 Å². The second-order valence-corrected chi connectivity index (χ2v) is 9.10.